The van der Waals surface area contributed by atoms with Gasteiger partial charge in [0.2, 0.25) is 0 Å². The Morgan fingerprint density at radius 1 is 1.08 bits per heavy atom. The highest BCUT2D eigenvalue weighted by Gasteiger charge is 2.73. The van der Waals surface area contributed by atoms with Gasteiger partial charge < -0.3 is 9.84 Å². The lowest BCUT2D eigenvalue weighted by atomic mass is 9.63. The summed E-state index contributed by atoms with van der Waals surface area (Å²) < 4.78 is 5.93. The molecule has 3 heteroatoms. The molecule has 1 aliphatic heterocycles. The normalized spacial score (nSPS) is 32.5. The fraction of sp³-hybridized carbons (Fsp3) is 0.500. The first kappa shape index (κ1) is 18.1. The minimum absolute atomic E-state index is 0.0360. The fourth-order valence-corrected chi connectivity index (χ4v) is 3.48. The van der Waals surface area contributed by atoms with E-state index in [1.165, 1.54) is 0 Å². The highest BCUT2D eigenvalue weighted by atomic mass is 16.6. The van der Waals surface area contributed by atoms with E-state index in [0.29, 0.717) is 5.57 Å². The zero-order valence-electron chi connectivity index (χ0n) is 16.0. The Kier molecular flexibility index (Phi) is 3.90. The van der Waals surface area contributed by atoms with Crippen LogP contribution >= 0.6 is 0 Å². The number of carbonyl (C=O) groups is 1. The highest BCUT2D eigenvalue weighted by Crippen LogP contribution is 2.58. The number of fused-ring (bicyclic) bond motifs is 1. The van der Waals surface area contributed by atoms with E-state index in [1.54, 1.807) is 6.08 Å². The van der Waals surface area contributed by atoms with Crippen molar-refractivity contribution in [3.63, 3.8) is 0 Å². The first-order valence-electron chi connectivity index (χ1n) is 8.84. The number of hydrogen-bond acceptors (Lipinski definition) is 3. The molecule has 1 aromatic rings. The molecule has 0 radical (unpaired) electrons. The largest absolute Gasteiger partial charge is 0.382 e. The molecule has 0 saturated carbocycles. The highest BCUT2D eigenvalue weighted by molar-refractivity contribution is 6.09. The van der Waals surface area contributed by atoms with Crippen LogP contribution in [0.4, 0.5) is 0 Å². The lowest BCUT2D eigenvalue weighted by Crippen LogP contribution is -2.54. The van der Waals surface area contributed by atoms with Crippen molar-refractivity contribution in [1.29, 1.82) is 0 Å². The quantitative estimate of drug-likeness (QED) is 0.822. The maximum atomic E-state index is 13.2. The van der Waals surface area contributed by atoms with Crippen LogP contribution in [0.25, 0.3) is 6.08 Å². The molecule has 1 N–H and O–H groups in total. The van der Waals surface area contributed by atoms with E-state index >= 15 is 0 Å². The van der Waals surface area contributed by atoms with Crippen molar-refractivity contribution in [1.82, 2.24) is 0 Å². The summed E-state index contributed by atoms with van der Waals surface area (Å²) in [6.07, 6.45) is 4.94. The van der Waals surface area contributed by atoms with Crippen LogP contribution in [0.2, 0.25) is 0 Å². The molecule has 134 valence electrons. The van der Waals surface area contributed by atoms with Crippen LogP contribution in [0.1, 0.15) is 47.1 Å². The lowest BCUT2D eigenvalue weighted by molar-refractivity contribution is -0.121. The molecular weight excluding hydrogens is 312 g/mol. The maximum Gasteiger partial charge on any atom is 0.197 e. The number of epoxide rings is 1. The second-order valence-corrected chi connectivity index (χ2v) is 9.25. The second kappa shape index (κ2) is 5.39. The van der Waals surface area contributed by atoms with Gasteiger partial charge in [-0.3, -0.25) is 4.79 Å². The summed E-state index contributed by atoms with van der Waals surface area (Å²) in [5, 5.41) is 11.4. The standard InChI is InChI=1S/C22H28O3/c1-19(2,3)16-14-22(24,20(4,5)6)18-21(25-18,17(16)23)13-12-15-10-8-7-9-11-15/h7-14,18,24H,1-6H3/b13-12+. The Morgan fingerprint density at radius 3 is 2.20 bits per heavy atom. The summed E-state index contributed by atoms with van der Waals surface area (Å²) >= 11 is 0. The number of ketones is 1. The van der Waals surface area contributed by atoms with E-state index in [4.69, 9.17) is 4.74 Å². The van der Waals surface area contributed by atoms with Gasteiger partial charge in [0.1, 0.15) is 11.7 Å². The van der Waals surface area contributed by atoms with Crippen molar-refractivity contribution in [3.05, 3.63) is 53.6 Å². The molecular formula is C22H28O3. The van der Waals surface area contributed by atoms with Gasteiger partial charge in [-0.25, -0.2) is 0 Å². The average Bonchev–Trinajstić information content (AvgIpc) is 3.25. The zero-order chi connectivity index (χ0) is 18.7. The number of aliphatic hydroxyl groups is 1. The fourth-order valence-electron chi connectivity index (χ4n) is 3.48. The van der Waals surface area contributed by atoms with Crippen molar-refractivity contribution < 1.29 is 14.6 Å². The third-order valence-electron chi connectivity index (χ3n) is 5.34. The maximum absolute atomic E-state index is 13.2. The van der Waals surface area contributed by atoms with Gasteiger partial charge in [0.25, 0.3) is 0 Å². The SMILES string of the molecule is CC(C)(C)C1=CC(O)(C(C)(C)C)C2OC2(/C=C/c2ccccc2)C1=O. The molecule has 0 amide bonds. The molecule has 0 spiro atoms. The molecule has 1 heterocycles. The number of carbonyl (C=O) groups excluding carboxylic acids is 1. The Balaban J connectivity index is 2.07. The molecule has 2 aliphatic rings. The van der Waals surface area contributed by atoms with Gasteiger partial charge in [-0.1, -0.05) is 78.0 Å². The van der Waals surface area contributed by atoms with Crippen LogP contribution in [-0.4, -0.2) is 28.2 Å². The Bertz CT molecular complexity index is 746. The first-order valence-corrected chi connectivity index (χ1v) is 8.84. The molecule has 3 rings (SSSR count). The van der Waals surface area contributed by atoms with Gasteiger partial charge in [-0.15, -0.1) is 0 Å². The number of Topliss-reactive ketones (excluding diaryl/α,β-unsaturated/α-hetero) is 1. The third-order valence-corrected chi connectivity index (χ3v) is 5.34. The number of rotatable bonds is 2. The van der Waals surface area contributed by atoms with Crippen LogP contribution in [0.5, 0.6) is 0 Å². The second-order valence-electron chi connectivity index (χ2n) is 9.25. The molecule has 0 bridgehead atoms. The van der Waals surface area contributed by atoms with Crippen LogP contribution in [0.15, 0.2) is 48.1 Å². The van der Waals surface area contributed by atoms with E-state index in [9.17, 15) is 9.90 Å². The first-order chi connectivity index (χ1) is 11.4. The smallest absolute Gasteiger partial charge is 0.197 e. The van der Waals surface area contributed by atoms with E-state index in [0.717, 1.165) is 5.56 Å². The summed E-state index contributed by atoms with van der Waals surface area (Å²) in [6, 6.07) is 9.83. The van der Waals surface area contributed by atoms with E-state index in [2.05, 4.69) is 0 Å². The van der Waals surface area contributed by atoms with Crippen molar-refractivity contribution in [3.8, 4) is 0 Å². The number of ether oxygens (including phenoxy) is 1. The Labute approximate surface area is 150 Å². The minimum atomic E-state index is -1.19. The number of hydrogen-bond donors (Lipinski definition) is 1. The number of benzene rings is 1. The summed E-state index contributed by atoms with van der Waals surface area (Å²) in [5.41, 5.74) is -1.42. The summed E-state index contributed by atoms with van der Waals surface area (Å²) in [4.78, 5) is 13.2. The van der Waals surface area contributed by atoms with Crippen LogP contribution in [0, 0.1) is 10.8 Å². The summed E-state index contributed by atoms with van der Waals surface area (Å²) in [7, 11) is 0. The van der Waals surface area contributed by atoms with Gasteiger partial charge in [-0.05, 0) is 28.5 Å². The molecule has 1 aromatic carbocycles. The van der Waals surface area contributed by atoms with Gasteiger partial charge in [-0.2, -0.15) is 0 Å². The van der Waals surface area contributed by atoms with E-state index in [1.807, 2.05) is 84.0 Å². The van der Waals surface area contributed by atoms with Gasteiger partial charge in [0, 0.05) is 5.57 Å². The molecule has 3 unspecified atom stereocenters. The van der Waals surface area contributed by atoms with Crippen LogP contribution < -0.4 is 0 Å². The Morgan fingerprint density at radius 2 is 1.68 bits per heavy atom. The van der Waals surface area contributed by atoms with Crippen molar-refractivity contribution in [2.45, 2.75) is 58.8 Å². The van der Waals surface area contributed by atoms with Gasteiger partial charge in [0.15, 0.2) is 11.4 Å². The third kappa shape index (κ3) is 2.80. The lowest BCUT2D eigenvalue weighted by Gasteiger charge is -2.42. The minimum Gasteiger partial charge on any atom is -0.382 e. The predicted molar refractivity (Wildman–Crippen MR) is 100 cm³/mol. The molecule has 25 heavy (non-hydrogen) atoms. The predicted octanol–water partition coefficient (Wildman–Crippen LogP) is 4.17. The van der Waals surface area contributed by atoms with Crippen LogP contribution in [0.3, 0.4) is 0 Å². The van der Waals surface area contributed by atoms with Crippen molar-refractivity contribution >= 4 is 11.9 Å². The topological polar surface area (TPSA) is 49.8 Å². The van der Waals surface area contributed by atoms with E-state index in [-0.39, 0.29) is 11.2 Å². The van der Waals surface area contributed by atoms with Crippen molar-refractivity contribution in [2.24, 2.45) is 10.8 Å². The molecule has 1 fully saturated rings. The molecule has 3 nitrogen and oxygen atoms in total. The molecule has 1 aliphatic carbocycles. The average molecular weight is 340 g/mol. The van der Waals surface area contributed by atoms with Gasteiger partial charge in [0.05, 0.1) is 0 Å². The monoisotopic (exact) mass is 340 g/mol. The molecule has 0 aromatic heterocycles. The Hall–Kier alpha value is -1.71. The van der Waals surface area contributed by atoms with Crippen LogP contribution in [-0.2, 0) is 9.53 Å². The van der Waals surface area contributed by atoms with E-state index < -0.39 is 22.7 Å². The molecule has 1 saturated heterocycles. The van der Waals surface area contributed by atoms with Gasteiger partial charge >= 0.3 is 0 Å². The summed E-state index contributed by atoms with van der Waals surface area (Å²) in [6.45, 7) is 11.9. The zero-order valence-corrected chi connectivity index (χ0v) is 16.0. The summed E-state index contributed by atoms with van der Waals surface area (Å²) in [5.74, 6) is -0.0360. The molecule has 3 atom stereocenters. The van der Waals surface area contributed by atoms with Crippen molar-refractivity contribution in [2.75, 3.05) is 0 Å².